The number of hydrogen-bond acceptors (Lipinski definition) is 2. The van der Waals surface area contributed by atoms with Crippen LogP contribution in [-0.4, -0.2) is 5.16 Å². The monoisotopic (exact) mass is 293 g/mol. The summed E-state index contributed by atoms with van der Waals surface area (Å²) in [5.41, 5.74) is 4.92. The fourth-order valence-electron chi connectivity index (χ4n) is 3.39. The molecule has 0 aromatic heterocycles. The van der Waals surface area contributed by atoms with Gasteiger partial charge in [-0.25, -0.2) is 0 Å². The van der Waals surface area contributed by atoms with E-state index in [9.17, 15) is 0 Å². The highest BCUT2D eigenvalue weighted by Crippen LogP contribution is 2.42. The lowest BCUT2D eigenvalue weighted by Crippen LogP contribution is -2.06. The average Bonchev–Trinajstić information content (AvgIpc) is 2.56. The van der Waals surface area contributed by atoms with Crippen LogP contribution in [0.3, 0.4) is 0 Å². The van der Waals surface area contributed by atoms with Crippen LogP contribution in [0.1, 0.15) is 43.6 Å². The lowest BCUT2D eigenvalue weighted by atomic mass is 9.80. The molecule has 0 unspecified atom stereocenters. The van der Waals surface area contributed by atoms with Gasteiger partial charge in [0.15, 0.2) is 0 Å². The van der Waals surface area contributed by atoms with Crippen molar-refractivity contribution in [2.45, 2.75) is 38.0 Å². The Bertz CT molecular complexity index is 651. The zero-order valence-corrected chi connectivity index (χ0v) is 12.9. The Labute approximate surface area is 131 Å². The van der Waals surface area contributed by atoms with Gasteiger partial charge in [0.25, 0.3) is 0 Å². The molecule has 0 atom stereocenters. The van der Waals surface area contributed by atoms with Crippen LogP contribution in [0.15, 0.2) is 53.5 Å². The van der Waals surface area contributed by atoms with E-state index < -0.39 is 0 Å². The van der Waals surface area contributed by atoms with E-state index in [2.05, 4.69) is 58.7 Å². The van der Waals surface area contributed by atoms with Crippen molar-refractivity contribution in [1.29, 1.82) is 0 Å². The second-order valence-corrected chi connectivity index (χ2v) is 5.82. The molecule has 1 nitrogen and oxygen atoms in total. The highest BCUT2D eigenvalue weighted by atomic mass is 32.1. The van der Waals surface area contributed by atoms with Crippen molar-refractivity contribution in [3.05, 3.63) is 54.1 Å². The summed E-state index contributed by atoms with van der Waals surface area (Å²) in [4.78, 5) is 4.33. The molecule has 2 heteroatoms. The standard InChI is InChI=1S/C19H19NS/c21-14-20-18-13-7-12-17(15-8-3-1-4-9-15)19(18)16-10-5-2-6-11-16/h1,3-4,7-9,12-13,16H,2,5-6,10-11H2. The summed E-state index contributed by atoms with van der Waals surface area (Å²) >= 11 is 4.84. The highest BCUT2D eigenvalue weighted by Gasteiger charge is 2.22. The fraction of sp³-hybridized carbons (Fsp3) is 0.316. The number of thiocarbonyl (C=S) groups is 1. The van der Waals surface area contributed by atoms with Crippen LogP contribution in [0.5, 0.6) is 0 Å². The number of hydrogen-bond donors (Lipinski definition) is 0. The van der Waals surface area contributed by atoms with E-state index in [4.69, 9.17) is 12.2 Å². The topological polar surface area (TPSA) is 12.4 Å². The second-order valence-electron chi connectivity index (χ2n) is 5.64. The molecule has 3 rings (SSSR count). The maximum absolute atomic E-state index is 4.84. The predicted molar refractivity (Wildman–Crippen MR) is 92.4 cm³/mol. The Morgan fingerprint density at radius 2 is 1.67 bits per heavy atom. The number of aliphatic imine (C=N–C) groups is 1. The third kappa shape index (κ3) is 3.12. The lowest BCUT2D eigenvalue weighted by Gasteiger charge is -2.25. The molecule has 1 aliphatic carbocycles. The molecule has 0 saturated heterocycles. The second kappa shape index (κ2) is 6.80. The molecule has 1 saturated carbocycles. The van der Waals surface area contributed by atoms with Crippen molar-refractivity contribution in [2.75, 3.05) is 0 Å². The van der Waals surface area contributed by atoms with Gasteiger partial charge in [-0.05, 0) is 53.7 Å². The normalized spacial score (nSPS) is 15.4. The largest absolute Gasteiger partial charge is 0.194 e. The number of benzene rings is 2. The molecular weight excluding hydrogens is 274 g/mol. The summed E-state index contributed by atoms with van der Waals surface area (Å²) in [6.07, 6.45) is 6.49. The van der Waals surface area contributed by atoms with Crippen LogP contribution in [0.4, 0.5) is 5.69 Å². The van der Waals surface area contributed by atoms with Gasteiger partial charge in [0.05, 0.1) is 10.8 Å². The molecular formula is C19H19NS. The van der Waals surface area contributed by atoms with E-state index in [0.717, 1.165) is 5.69 Å². The van der Waals surface area contributed by atoms with Gasteiger partial charge in [0, 0.05) is 0 Å². The molecule has 0 amide bonds. The third-order valence-corrected chi connectivity index (χ3v) is 4.44. The Morgan fingerprint density at radius 1 is 0.905 bits per heavy atom. The summed E-state index contributed by atoms with van der Waals surface area (Å²) in [6.45, 7) is 0. The molecule has 0 heterocycles. The van der Waals surface area contributed by atoms with Crippen LogP contribution in [0.25, 0.3) is 11.1 Å². The minimum Gasteiger partial charge on any atom is -0.194 e. The lowest BCUT2D eigenvalue weighted by molar-refractivity contribution is 0.445. The smallest absolute Gasteiger partial charge is 0.0780 e. The van der Waals surface area contributed by atoms with E-state index in [1.54, 1.807) is 0 Å². The van der Waals surface area contributed by atoms with Crippen LogP contribution >= 0.6 is 12.2 Å². The zero-order valence-electron chi connectivity index (χ0n) is 12.1. The van der Waals surface area contributed by atoms with Crippen molar-refractivity contribution >= 4 is 23.1 Å². The van der Waals surface area contributed by atoms with Gasteiger partial charge in [-0.2, -0.15) is 4.99 Å². The number of isothiocyanates is 1. The first-order valence-corrected chi connectivity index (χ1v) is 8.07. The Morgan fingerprint density at radius 3 is 2.38 bits per heavy atom. The van der Waals surface area contributed by atoms with Crippen LogP contribution in [0.2, 0.25) is 0 Å². The van der Waals surface area contributed by atoms with E-state index in [1.165, 1.54) is 48.8 Å². The molecule has 2 aromatic carbocycles. The minimum absolute atomic E-state index is 0.595. The third-order valence-electron chi connectivity index (χ3n) is 4.35. The maximum atomic E-state index is 4.84. The molecule has 1 aliphatic rings. The first-order chi connectivity index (χ1) is 10.4. The van der Waals surface area contributed by atoms with Gasteiger partial charge in [0.2, 0.25) is 0 Å². The van der Waals surface area contributed by atoms with Gasteiger partial charge in [-0.3, -0.25) is 0 Å². The van der Waals surface area contributed by atoms with Gasteiger partial charge in [-0.1, -0.05) is 61.7 Å². The van der Waals surface area contributed by atoms with E-state index >= 15 is 0 Å². The van der Waals surface area contributed by atoms with Gasteiger partial charge < -0.3 is 0 Å². The Balaban J connectivity index is 2.14. The first-order valence-electron chi connectivity index (χ1n) is 7.66. The van der Waals surface area contributed by atoms with Crippen molar-refractivity contribution < 1.29 is 0 Å². The van der Waals surface area contributed by atoms with Crippen molar-refractivity contribution in [3.63, 3.8) is 0 Å². The Kier molecular flexibility index (Phi) is 4.59. The summed E-state index contributed by atoms with van der Waals surface area (Å²) in [5, 5.41) is 2.55. The van der Waals surface area contributed by atoms with Crippen molar-refractivity contribution in [1.82, 2.24) is 0 Å². The van der Waals surface area contributed by atoms with Gasteiger partial charge >= 0.3 is 0 Å². The van der Waals surface area contributed by atoms with Crippen LogP contribution in [-0.2, 0) is 0 Å². The summed E-state index contributed by atoms with van der Waals surface area (Å²) in [5.74, 6) is 0.595. The minimum atomic E-state index is 0.595. The predicted octanol–water partition coefficient (Wildman–Crippen LogP) is 6.14. The molecule has 0 N–H and O–H groups in total. The number of nitrogens with zero attached hydrogens (tertiary/aromatic N) is 1. The molecule has 106 valence electrons. The fourth-order valence-corrected chi connectivity index (χ4v) is 3.49. The molecule has 0 spiro atoms. The van der Waals surface area contributed by atoms with Crippen LogP contribution < -0.4 is 0 Å². The molecule has 0 aliphatic heterocycles. The molecule has 0 radical (unpaired) electrons. The number of rotatable bonds is 3. The van der Waals surface area contributed by atoms with Crippen molar-refractivity contribution in [2.24, 2.45) is 4.99 Å². The van der Waals surface area contributed by atoms with E-state index in [1.807, 2.05) is 0 Å². The van der Waals surface area contributed by atoms with Crippen molar-refractivity contribution in [3.8, 4) is 11.1 Å². The zero-order chi connectivity index (χ0) is 14.5. The van der Waals surface area contributed by atoms with E-state index in [-0.39, 0.29) is 0 Å². The average molecular weight is 293 g/mol. The highest BCUT2D eigenvalue weighted by molar-refractivity contribution is 7.78. The molecule has 2 aromatic rings. The summed E-state index contributed by atoms with van der Waals surface area (Å²) in [7, 11) is 0. The van der Waals surface area contributed by atoms with Crippen LogP contribution in [0, 0.1) is 0 Å². The van der Waals surface area contributed by atoms with Gasteiger partial charge in [-0.15, -0.1) is 0 Å². The maximum Gasteiger partial charge on any atom is 0.0780 e. The quantitative estimate of drug-likeness (QED) is 0.489. The van der Waals surface area contributed by atoms with E-state index in [0.29, 0.717) is 5.92 Å². The molecule has 1 fully saturated rings. The first kappa shape index (κ1) is 14.2. The molecule has 21 heavy (non-hydrogen) atoms. The van der Waals surface area contributed by atoms with Gasteiger partial charge in [0.1, 0.15) is 0 Å². The summed E-state index contributed by atoms with van der Waals surface area (Å²) in [6, 6.07) is 16.9. The Hall–Kier alpha value is -1.76. The SMILES string of the molecule is S=C=Nc1cccc(-c2ccccc2)c1C1CCCCC1. The molecule has 0 bridgehead atoms. The summed E-state index contributed by atoms with van der Waals surface area (Å²) < 4.78 is 0.